The zero-order valence-corrected chi connectivity index (χ0v) is 28.0. The molecule has 0 unspecified atom stereocenters. The Balaban J connectivity index is 0.976. The number of furan rings is 1. The molecule has 2 aromatic heterocycles. The van der Waals surface area contributed by atoms with Crippen LogP contribution in [0.15, 0.2) is 186 Å². The predicted molar refractivity (Wildman–Crippen MR) is 214 cm³/mol. The van der Waals surface area contributed by atoms with Crippen LogP contribution in [0, 0.1) is 0 Å². The first-order valence-corrected chi connectivity index (χ1v) is 17.6. The van der Waals surface area contributed by atoms with Gasteiger partial charge in [0.05, 0.1) is 28.1 Å². The van der Waals surface area contributed by atoms with Crippen LogP contribution in [0.4, 0.5) is 17.1 Å². The molecule has 0 fully saturated rings. The standard InChI is InChI=1S/C48H30N2O2/c1-2-11-35(12-3-1)49-42-17-7-9-20-46(42)51-47-30-34(26-28-43(47)49)32-23-21-31(22-24-32)33-25-27-41-39(29-33)36-13-4-6-16-40(36)50(41)44-18-10-15-38-37-14-5-8-19-45(37)52-48(38)44/h1-30H. The lowest BCUT2D eigenvalue weighted by Gasteiger charge is -2.33. The molecule has 4 heteroatoms. The highest BCUT2D eigenvalue weighted by Gasteiger charge is 2.26. The summed E-state index contributed by atoms with van der Waals surface area (Å²) in [5, 5.41) is 4.68. The van der Waals surface area contributed by atoms with Crippen molar-refractivity contribution >= 4 is 60.8 Å². The van der Waals surface area contributed by atoms with Crippen LogP contribution in [0.2, 0.25) is 0 Å². The monoisotopic (exact) mass is 666 g/mol. The summed E-state index contributed by atoms with van der Waals surface area (Å²) in [6.45, 7) is 0. The highest BCUT2D eigenvalue weighted by atomic mass is 16.5. The van der Waals surface area contributed by atoms with E-state index >= 15 is 0 Å². The number of rotatable bonds is 4. The van der Waals surface area contributed by atoms with Crippen LogP contribution in [0.25, 0.3) is 71.7 Å². The molecular formula is C48H30N2O2. The van der Waals surface area contributed by atoms with E-state index in [9.17, 15) is 0 Å². The van der Waals surface area contributed by atoms with Gasteiger partial charge in [0, 0.05) is 27.2 Å². The van der Waals surface area contributed by atoms with Crippen molar-refractivity contribution in [1.82, 2.24) is 4.57 Å². The first kappa shape index (κ1) is 28.8. The Labute approximate surface area is 300 Å². The van der Waals surface area contributed by atoms with Crippen molar-refractivity contribution in [1.29, 1.82) is 0 Å². The Bertz CT molecular complexity index is 2990. The van der Waals surface area contributed by atoms with E-state index in [2.05, 4.69) is 161 Å². The third kappa shape index (κ3) is 4.34. The first-order valence-electron chi connectivity index (χ1n) is 17.6. The van der Waals surface area contributed by atoms with E-state index in [0.717, 1.165) is 78.3 Å². The molecule has 1 aliphatic heterocycles. The van der Waals surface area contributed by atoms with E-state index in [-0.39, 0.29) is 0 Å². The van der Waals surface area contributed by atoms with Gasteiger partial charge in [-0.15, -0.1) is 0 Å². The third-order valence-corrected chi connectivity index (χ3v) is 10.4. The molecule has 0 saturated carbocycles. The van der Waals surface area contributed by atoms with Crippen LogP contribution in [0.3, 0.4) is 0 Å². The Morgan fingerprint density at radius 2 is 0.981 bits per heavy atom. The van der Waals surface area contributed by atoms with E-state index in [1.807, 2.05) is 30.3 Å². The second kappa shape index (κ2) is 11.2. The zero-order valence-electron chi connectivity index (χ0n) is 28.0. The van der Waals surface area contributed by atoms with Gasteiger partial charge in [0.25, 0.3) is 0 Å². The van der Waals surface area contributed by atoms with Crippen molar-refractivity contribution < 1.29 is 9.15 Å². The van der Waals surface area contributed by atoms with Gasteiger partial charge in [-0.25, -0.2) is 0 Å². The number of ether oxygens (including phenoxy) is 1. The molecule has 8 aromatic carbocycles. The van der Waals surface area contributed by atoms with Crippen LogP contribution in [-0.4, -0.2) is 4.57 Å². The van der Waals surface area contributed by atoms with E-state index in [0.29, 0.717) is 0 Å². The lowest BCUT2D eigenvalue weighted by molar-refractivity contribution is 0.477. The second-order valence-electron chi connectivity index (χ2n) is 13.3. The topological polar surface area (TPSA) is 30.5 Å². The van der Waals surface area contributed by atoms with Crippen molar-refractivity contribution in [3.63, 3.8) is 0 Å². The summed E-state index contributed by atoms with van der Waals surface area (Å²) in [5.41, 5.74) is 12.9. The van der Waals surface area contributed by atoms with Gasteiger partial charge in [-0.1, -0.05) is 115 Å². The average molecular weight is 667 g/mol. The summed E-state index contributed by atoms with van der Waals surface area (Å²) in [6.07, 6.45) is 0. The molecule has 0 bridgehead atoms. The molecule has 0 N–H and O–H groups in total. The second-order valence-corrected chi connectivity index (χ2v) is 13.3. The normalized spacial score (nSPS) is 12.3. The summed E-state index contributed by atoms with van der Waals surface area (Å²) in [6, 6.07) is 64.2. The average Bonchev–Trinajstić information content (AvgIpc) is 3.76. The minimum absolute atomic E-state index is 0.837. The van der Waals surface area contributed by atoms with Gasteiger partial charge in [0.2, 0.25) is 0 Å². The van der Waals surface area contributed by atoms with E-state index in [1.165, 1.54) is 21.9 Å². The molecule has 0 atom stereocenters. The molecule has 4 nitrogen and oxygen atoms in total. The lowest BCUT2D eigenvalue weighted by Crippen LogP contribution is -2.15. The smallest absolute Gasteiger partial charge is 0.159 e. The maximum absolute atomic E-state index is 6.49. The predicted octanol–water partition coefficient (Wildman–Crippen LogP) is 13.6. The van der Waals surface area contributed by atoms with Gasteiger partial charge >= 0.3 is 0 Å². The zero-order chi connectivity index (χ0) is 34.2. The Morgan fingerprint density at radius 1 is 0.365 bits per heavy atom. The fraction of sp³-hybridized carbons (Fsp3) is 0. The molecule has 0 radical (unpaired) electrons. The first-order chi connectivity index (χ1) is 25.8. The van der Waals surface area contributed by atoms with Crippen molar-refractivity contribution in [2.45, 2.75) is 0 Å². The molecule has 0 aliphatic carbocycles. The number of fused-ring (bicyclic) bond motifs is 8. The minimum atomic E-state index is 0.837. The van der Waals surface area contributed by atoms with E-state index in [4.69, 9.17) is 9.15 Å². The molecule has 3 heterocycles. The summed E-state index contributed by atoms with van der Waals surface area (Å²) in [5.74, 6) is 1.68. The molecule has 0 spiro atoms. The number of hydrogen-bond donors (Lipinski definition) is 0. The van der Waals surface area contributed by atoms with Gasteiger partial charge in [-0.2, -0.15) is 0 Å². The molecular weight excluding hydrogens is 637 g/mol. The van der Waals surface area contributed by atoms with Crippen LogP contribution >= 0.6 is 0 Å². The van der Waals surface area contributed by atoms with Crippen LogP contribution in [0.5, 0.6) is 11.5 Å². The summed E-state index contributed by atoms with van der Waals surface area (Å²) >= 11 is 0. The summed E-state index contributed by atoms with van der Waals surface area (Å²) < 4.78 is 15.3. The summed E-state index contributed by atoms with van der Waals surface area (Å²) in [7, 11) is 0. The largest absolute Gasteiger partial charge is 0.454 e. The molecule has 244 valence electrons. The Hall–Kier alpha value is -7.04. The van der Waals surface area contributed by atoms with Gasteiger partial charge in [0.1, 0.15) is 5.58 Å². The van der Waals surface area contributed by atoms with Crippen molar-refractivity contribution in [3.05, 3.63) is 182 Å². The number of benzene rings is 8. The third-order valence-electron chi connectivity index (χ3n) is 10.4. The maximum atomic E-state index is 6.49. The van der Waals surface area contributed by atoms with E-state index < -0.39 is 0 Å². The van der Waals surface area contributed by atoms with Gasteiger partial charge < -0.3 is 18.6 Å². The van der Waals surface area contributed by atoms with Gasteiger partial charge in [-0.05, 0) is 89.0 Å². The Morgan fingerprint density at radius 3 is 1.85 bits per heavy atom. The maximum Gasteiger partial charge on any atom is 0.159 e. The van der Waals surface area contributed by atoms with Crippen molar-refractivity contribution in [2.75, 3.05) is 4.90 Å². The number of nitrogens with zero attached hydrogens (tertiary/aromatic N) is 2. The van der Waals surface area contributed by atoms with Crippen molar-refractivity contribution in [2.24, 2.45) is 0 Å². The minimum Gasteiger partial charge on any atom is -0.454 e. The highest BCUT2D eigenvalue weighted by molar-refractivity contribution is 6.13. The number of aromatic nitrogens is 1. The van der Waals surface area contributed by atoms with Crippen LogP contribution in [0.1, 0.15) is 0 Å². The molecule has 52 heavy (non-hydrogen) atoms. The Kier molecular flexibility index (Phi) is 6.22. The summed E-state index contributed by atoms with van der Waals surface area (Å²) in [4.78, 5) is 2.27. The van der Waals surface area contributed by atoms with Gasteiger partial charge in [-0.3, -0.25) is 0 Å². The molecule has 10 aromatic rings. The van der Waals surface area contributed by atoms with Crippen molar-refractivity contribution in [3.8, 4) is 39.4 Å². The van der Waals surface area contributed by atoms with Crippen LogP contribution < -0.4 is 9.64 Å². The lowest BCUT2D eigenvalue weighted by atomic mass is 9.98. The SMILES string of the molecule is c1ccc(N2c3ccccc3Oc3cc(-c4ccc(-c5ccc6c(c5)c5ccccc5n6-c5cccc6c5oc5ccccc56)cc4)ccc32)cc1. The fourth-order valence-corrected chi connectivity index (χ4v) is 7.97. The number of hydrogen-bond acceptors (Lipinski definition) is 3. The van der Waals surface area contributed by atoms with E-state index in [1.54, 1.807) is 0 Å². The number of para-hydroxylation sites is 6. The van der Waals surface area contributed by atoms with Gasteiger partial charge in [0.15, 0.2) is 17.1 Å². The molecule has 11 rings (SSSR count). The number of anilines is 3. The fourth-order valence-electron chi connectivity index (χ4n) is 7.97. The molecule has 1 aliphatic rings. The molecule has 0 amide bonds. The quantitative estimate of drug-likeness (QED) is 0.187. The van der Waals surface area contributed by atoms with Crippen LogP contribution in [-0.2, 0) is 0 Å². The molecule has 0 saturated heterocycles. The highest BCUT2D eigenvalue weighted by Crippen LogP contribution is 2.51.